The molecule has 1 unspecified atom stereocenters. The van der Waals surface area contributed by atoms with Gasteiger partial charge >= 0.3 is 0 Å². The van der Waals surface area contributed by atoms with Crippen LogP contribution in [0.3, 0.4) is 0 Å². The van der Waals surface area contributed by atoms with Gasteiger partial charge in [0.15, 0.2) is 0 Å². The molecule has 3 aromatic carbocycles. The molecule has 4 heteroatoms. The van der Waals surface area contributed by atoms with Crippen LogP contribution in [0.4, 0.5) is 11.4 Å². The Kier molecular flexibility index (Phi) is 3.69. The van der Waals surface area contributed by atoms with E-state index in [1.54, 1.807) is 0 Å². The summed E-state index contributed by atoms with van der Waals surface area (Å²) in [7, 11) is 0. The van der Waals surface area contributed by atoms with E-state index in [4.69, 9.17) is 0 Å². The topological polar surface area (TPSA) is 49.4 Å². The van der Waals surface area contributed by atoms with Crippen LogP contribution in [-0.4, -0.2) is 17.9 Å². The summed E-state index contributed by atoms with van der Waals surface area (Å²) in [4.78, 5) is 28.7. The number of allylic oxidation sites excluding steroid dienone is 1. The number of anilines is 2. The van der Waals surface area contributed by atoms with E-state index in [1.807, 2.05) is 66.7 Å². The number of nitrogens with one attached hydrogen (secondary N) is 1. The fourth-order valence-electron chi connectivity index (χ4n) is 5.30. The fraction of sp³-hybridized carbons (Fsp3) is 0.154. The van der Waals surface area contributed by atoms with Crippen molar-refractivity contribution in [2.24, 2.45) is 11.8 Å². The Morgan fingerprint density at radius 2 is 1.33 bits per heavy atom. The lowest BCUT2D eigenvalue weighted by molar-refractivity contribution is -0.122. The molecular weight excluding hydrogens is 372 g/mol. The minimum atomic E-state index is -0.435. The van der Waals surface area contributed by atoms with E-state index >= 15 is 0 Å². The van der Waals surface area contributed by atoms with E-state index in [9.17, 15) is 9.59 Å². The molecule has 0 spiro atoms. The number of fused-ring (bicyclic) bond motifs is 5. The molecular formula is C26H20N2O2. The van der Waals surface area contributed by atoms with Crippen LogP contribution in [0.25, 0.3) is 5.57 Å². The number of benzene rings is 3. The lowest BCUT2D eigenvalue weighted by Crippen LogP contribution is -2.40. The standard InChI is InChI=1S/C26H20N2O2/c29-25-22-19(16-9-3-1-4-10-16)15-20-18-13-7-8-14-21(18)27-24(20)23(22)26(30)28(25)17-11-5-2-6-12-17/h1-15,19,22-24,27H/t19-,22+,23+,24?/m0/s1. The number of amides is 2. The lowest BCUT2D eigenvalue weighted by Gasteiger charge is -2.33. The number of hydrogen-bond donors (Lipinski definition) is 1. The van der Waals surface area contributed by atoms with Gasteiger partial charge in [0.05, 0.1) is 23.6 Å². The van der Waals surface area contributed by atoms with Crippen molar-refractivity contribution in [1.29, 1.82) is 0 Å². The molecule has 2 aliphatic heterocycles. The van der Waals surface area contributed by atoms with Crippen LogP contribution in [0, 0.1) is 11.8 Å². The average Bonchev–Trinajstić information content (AvgIpc) is 3.29. The van der Waals surface area contributed by atoms with E-state index in [-0.39, 0.29) is 23.8 Å². The first kappa shape index (κ1) is 17.2. The molecule has 3 aliphatic rings. The summed E-state index contributed by atoms with van der Waals surface area (Å²) in [6.07, 6.45) is 2.21. The first-order valence-electron chi connectivity index (χ1n) is 10.3. The molecule has 4 nitrogen and oxygen atoms in total. The largest absolute Gasteiger partial charge is 0.377 e. The maximum Gasteiger partial charge on any atom is 0.240 e. The Balaban J connectivity index is 1.53. The molecule has 0 radical (unpaired) electrons. The summed E-state index contributed by atoms with van der Waals surface area (Å²) in [6, 6.07) is 27.3. The van der Waals surface area contributed by atoms with Crippen molar-refractivity contribution < 1.29 is 9.59 Å². The van der Waals surface area contributed by atoms with E-state index < -0.39 is 11.8 Å². The highest BCUT2D eigenvalue weighted by molar-refractivity contribution is 6.24. The van der Waals surface area contributed by atoms with Crippen molar-refractivity contribution >= 4 is 28.8 Å². The summed E-state index contributed by atoms with van der Waals surface area (Å²) in [5.41, 5.74) is 4.99. The normalized spacial score (nSPS) is 26.5. The van der Waals surface area contributed by atoms with Crippen molar-refractivity contribution in [2.45, 2.75) is 12.0 Å². The maximum absolute atomic E-state index is 13.7. The van der Waals surface area contributed by atoms with Gasteiger partial charge in [0, 0.05) is 17.2 Å². The van der Waals surface area contributed by atoms with Crippen LogP contribution < -0.4 is 10.2 Å². The van der Waals surface area contributed by atoms with Crippen LogP contribution in [0.1, 0.15) is 17.0 Å². The first-order chi connectivity index (χ1) is 14.7. The van der Waals surface area contributed by atoms with E-state index in [1.165, 1.54) is 4.90 Å². The number of para-hydroxylation sites is 2. The summed E-state index contributed by atoms with van der Waals surface area (Å²) >= 11 is 0. The third-order valence-corrected chi connectivity index (χ3v) is 6.59. The summed E-state index contributed by atoms with van der Waals surface area (Å²) in [5, 5.41) is 3.53. The Morgan fingerprint density at radius 3 is 2.10 bits per heavy atom. The van der Waals surface area contributed by atoms with Gasteiger partial charge in [-0.1, -0.05) is 72.8 Å². The van der Waals surface area contributed by atoms with Crippen molar-refractivity contribution in [3.05, 3.63) is 102 Å². The second kappa shape index (κ2) is 6.42. The van der Waals surface area contributed by atoms with E-state index in [0.717, 1.165) is 22.4 Å². The van der Waals surface area contributed by atoms with Crippen molar-refractivity contribution in [2.75, 3.05) is 10.2 Å². The van der Waals surface area contributed by atoms with Gasteiger partial charge in [-0.05, 0) is 29.3 Å². The predicted octanol–water partition coefficient (Wildman–Crippen LogP) is 4.47. The Labute approximate surface area is 174 Å². The van der Waals surface area contributed by atoms with Crippen LogP contribution in [0.2, 0.25) is 0 Å². The lowest BCUT2D eigenvalue weighted by atomic mass is 9.69. The van der Waals surface area contributed by atoms with Gasteiger partial charge in [0.2, 0.25) is 11.8 Å². The molecule has 1 aliphatic carbocycles. The molecule has 2 heterocycles. The molecule has 1 saturated heterocycles. The van der Waals surface area contributed by atoms with Crippen LogP contribution in [0.15, 0.2) is 91.0 Å². The highest BCUT2D eigenvalue weighted by Crippen LogP contribution is 2.52. The van der Waals surface area contributed by atoms with Crippen molar-refractivity contribution in [1.82, 2.24) is 0 Å². The zero-order chi connectivity index (χ0) is 20.2. The van der Waals surface area contributed by atoms with Gasteiger partial charge < -0.3 is 5.32 Å². The number of hydrogen-bond acceptors (Lipinski definition) is 3. The monoisotopic (exact) mass is 392 g/mol. The third kappa shape index (κ3) is 2.34. The number of imide groups is 1. The van der Waals surface area contributed by atoms with Crippen LogP contribution >= 0.6 is 0 Å². The highest BCUT2D eigenvalue weighted by atomic mass is 16.2. The molecule has 0 aromatic heterocycles. The zero-order valence-electron chi connectivity index (χ0n) is 16.2. The molecule has 3 aromatic rings. The average molecular weight is 392 g/mol. The van der Waals surface area contributed by atoms with E-state index in [2.05, 4.69) is 29.6 Å². The molecule has 1 fully saturated rings. The SMILES string of the molecule is O=C1[C@@H]2[C@H](c3ccccc3)C=C3c4ccccc4NC3[C@@H]2C(=O)N1c1ccccc1. The molecule has 0 bridgehead atoms. The summed E-state index contributed by atoms with van der Waals surface area (Å²) in [6.45, 7) is 0. The van der Waals surface area contributed by atoms with Gasteiger partial charge in [-0.25, -0.2) is 4.90 Å². The third-order valence-electron chi connectivity index (χ3n) is 6.59. The number of nitrogens with zero attached hydrogens (tertiary/aromatic N) is 1. The number of rotatable bonds is 2. The summed E-state index contributed by atoms with van der Waals surface area (Å²) in [5.74, 6) is -1.22. The minimum Gasteiger partial charge on any atom is -0.377 e. The predicted molar refractivity (Wildman–Crippen MR) is 117 cm³/mol. The minimum absolute atomic E-state index is 0.113. The second-order valence-electron chi connectivity index (χ2n) is 8.13. The summed E-state index contributed by atoms with van der Waals surface area (Å²) < 4.78 is 0. The molecule has 1 N–H and O–H groups in total. The molecule has 6 rings (SSSR count). The van der Waals surface area contributed by atoms with Crippen molar-refractivity contribution in [3.8, 4) is 0 Å². The Hall–Kier alpha value is -3.66. The highest BCUT2D eigenvalue weighted by Gasteiger charge is 2.58. The Morgan fingerprint density at radius 1 is 0.700 bits per heavy atom. The molecule has 146 valence electrons. The van der Waals surface area contributed by atoms with Gasteiger partial charge in [0.25, 0.3) is 0 Å². The van der Waals surface area contributed by atoms with Crippen LogP contribution in [-0.2, 0) is 9.59 Å². The van der Waals surface area contributed by atoms with Crippen LogP contribution in [0.5, 0.6) is 0 Å². The molecule has 0 saturated carbocycles. The van der Waals surface area contributed by atoms with E-state index in [0.29, 0.717) is 5.69 Å². The molecule has 2 amide bonds. The number of carbonyl (C=O) groups excluding carboxylic acids is 2. The zero-order valence-corrected chi connectivity index (χ0v) is 16.2. The first-order valence-corrected chi connectivity index (χ1v) is 10.3. The number of carbonyl (C=O) groups is 2. The quantitative estimate of drug-likeness (QED) is 0.655. The van der Waals surface area contributed by atoms with Gasteiger partial charge in [-0.2, -0.15) is 0 Å². The molecule has 4 atom stereocenters. The van der Waals surface area contributed by atoms with Crippen molar-refractivity contribution in [3.63, 3.8) is 0 Å². The van der Waals surface area contributed by atoms with Gasteiger partial charge in [0.1, 0.15) is 0 Å². The molecule has 30 heavy (non-hydrogen) atoms. The Bertz CT molecular complexity index is 1190. The second-order valence-corrected chi connectivity index (χ2v) is 8.13. The van der Waals surface area contributed by atoms with Gasteiger partial charge in [-0.3, -0.25) is 9.59 Å². The van der Waals surface area contributed by atoms with Gasteiger partial charge in [-0.15, -0.1) is 0 Å². The maximum atomic E-state index is 13.7. The fourth-order valence-corrected chi connectivity index (χ4v) is 5.30. The smallest absolute Gasteiger partial charge is 0.240 e.